The average molecular weight is 708 g/mol. The highest BCUT2D eigenvalue weighted by Crippen LogP contribution is 2.15. The van der Waals surface area contributed by atoms with Crippen molar-refractivity contribution < 1.29 is 24.5 Å². The van der Waals surface area contributed by atoms with E-state index in [4.69, 9.17) is 4.74 Å². The second kappa shape index (κ2) is 40.4. The van der Waals surface area contributed by atoms with Crippen LogP contribution in [0.1, 0.15) is 232 Å². The van der Waals surface area contributed by atoms with Crippen molar-refractivity contribution in [1.82, 2.24) is 5.32 Å². The van der Waals surface area contributed by atoms with Gasteiger partial charge < -0.3 is 20.3 Å². The van der Waals surface area contributed by atoms with Gasteiger partial charge in [0.2, 0.25) is 5.91 Å². The molecule has 1 amide bonds. The molecule has 0 aromatic rings. The number of carbonyl (C=O) groups excluding carboxylic acids is 2. The smallest absolute Gasteiger partial charge is 0.305 e. The SMILES string of the molecule is CCCCCCCCCCCCCCCC(=O)OCCCC/C=C\CCCCCCC(=O)NC(CO)C(O)CCCCCCCCCCCC. The minimum atomic E-state index is -0.682. The van der Waals surface area contributed by atoms with Crippen LogP contribution < -0.4 is 5.32 Å². The molecule has 0 aliphatic carbocycles. The van der Waals surface area contributed by atoms with Crippen molar-refractivity contribution in [1.29, 1.82) is 0 Å². The van der Waals surface area contributed by atoms with E-state index in [0.29, 0.717) is 25.9 Å². The van der Waals surface area contributed by atoms with Crippen LogP contribution in [0.15, 0.2) is 12.2 Å². The van der Waals surface area contributed by atoms with E-state index in [1.807, 2.05) is 0 Å². The lowest BCUT2D eigenvalue weighted by atomic mass is 10.0. The molecule has 0 spiro atoms. The number of rotatable bonds is 40. The highest BCUT2D eigenvalue weighted by molar-refractivity contribution is 5.76. The molecule has 0 radical (unpaired) electrons. The number of aliphatic hydroxyl groups excluding tert-OH is 2. The van der Waals surface area contributed by atoms with Crippen LogP contribution in [-0.4, -0.2) is 47.4 Å². The van der Waals surface area contributed by atoms with Gasteiger partial charge in [0.1, 0.15) is 0 Å². The molecule has 6 heteroatoms. The summed E-state index contributed by atoms with van der Waals surface area (Å²) in [5.41, 5.74) is 0. The number of hydrogen-bond donors (Lipinski definition) is 3. The molecule has 0 rings (SSSR count). The van der Waals surface area contributed by atoms with Gasteiger partial charge in [0, 0.05) is 12.8 Å². The van der Waals surface area contributed by atoms with Gasteiger partial charge >= 0.3 is 5.97 Å². The fourth-order valence-electron chi connectivity index (χ4n) is 6.63. The maximum Gasteiger partial charge on any atom is 0.305 e. The molecule has 6 nitrogen and oxygen atoms in total. The predicted molar refractivity (Wildman–Crippen MR) is 213 cm³/mol. The normalized spacial score (nSPS) is 12.8. The third-order valence-electron chi connectivity index (χ3n) is 10.1. The predicted octanol–water partition coefficient (Wildman–Crippen LogP) is 12.2. The zero-order chi connectivity index (χ0) is 36.6. The number of unbranched alkanes of at least 4 members (excludes halogenated alkanes) is 27. The van der Waals surface area contributed by atoms with E-state index in [0.717, 1.165) is 77.0 Å². The first-order valence-electron chi connectivity index (χ1n) is 21.9. The van der Waals surface area contributed by atoms with Crippen molar-refractivity contribution in [3.63, 3.8) is 0 Å². The minimum Gasteiger partial charge on any atom is -0.466 e. The Labute approximate surface area is 310 Å². The van der Waals surface area contributed by atoms with E-state index in [2.05, 4.69) is 31.3 Å². The maximum absolute atomic E-state index is 12.3. The summed E-state index contributed by atoms with van der Waals surface area (Å²) in [5, 5.41) is 23.0. The van der Waals surface area contributed by atoms with Crippen molar-refractivity contribution >= 4 is 11.9 Å². The van der Waals surface area contributed by atoms with Gasteiger partial charge in [0.15, 0.2) is 0 Å². The highest BCUT2D eigenvalue weighted by Gasteiger charge is 2.20. The van der Waals surface area contributed by atoms with E-state index in [9.17, 15) is 19.8 Å². The molecule has 50 heavy (non-hydrogen) atoms. The van der Waals surface area contributed by atoms with E-state index in [-0.39, 0.29) is 18.5 Å². The summed E-state index contributed by atoms with van der Waals surface area (Å²) in [4.78, 5) is 24.3. The number of carbonyl (C=O) groups is 2. The summed E-state index contributed by atoms with van der Waals surface area (Å²) in [6.45, 7) is 4.84. The second-order valence-corrected chi connectivity index (χ2v) is 15.0. The maximum atomic E-state index is 12.3. The van der Waals surface area contributed by atoms with Crippen LogP contribution in [0.2, 0.25) is 0 Å². The van der Waals surface area contributed by atoms with Gasteiger partial charge in [0.25, 0.3) is 0 Å². The Balaban J connectivity index is 3.52. The van der Waals surface area contributed by atoms with Gasteiger partial charge in [-0.2, -0.15) is 0 Å². The first-order chi connectivity index (χ1) is 24.5. The van der Waals surface area contributed by atoms with Crippen molar-refractivity contribution in [2.45, 2.75) is 244 Å². The fraction of sp³-hybridized carbons (Fsp3) is 0.909. The number of esters is 1. The lowest BCUT2D eigenvalue weighted by Gasteiger charge is -2.22. The van der Waals surface area contributed by atoms with E-state index >= 15 is 0 Å². The molecule has 0 saturated heterocycles. The second-order valence-electron chi connectivity index (χ2n) is 15.0. The van der Waals surface area contributed by atoms with Crippen LogP contribution in [0.5, 0.6) is 0 Å². The van der Waals surface area contributed by atoms with Gasteiger partial charge in [-0.25, -0.2) is 0 Å². The Bertz CT molecular complexity index is 742. The summed E-state index contributed by atoms with van der Waals surface area (Å²) < 4.78 is 5.41. The zero-order valence-corrected chi connectivity index (χ0v) is 33.4. The average Bonchev–Trinajstić information content (AvgIpc) is 3.11. The van der Waals surface area contributed by atoms with Crippen LogP contribution in [0, 0.1) is 0 Å². The third-order valence-corrected chi connectivity index (χ3v) is 10.1. The molecule has 0 aliphatic rings. The summed E-state index contributed by atoms with van der Waals surface area (Å²) in [5.74, 6) is -0.108. The van der Waals surface area contributed by atoms with E-state index < -0.39 is 12.1 Å². The van der Waals surface area contributed by atoms with Crippen LogP contribution in [0.3, 0.4) is 0 Å². The monoisotopic (exact) mass is 708 g/mol. The lowest BCUT2D eigenvalue weighted by molar-refractivity contribution is -0.143. The van der Waals surface area contributed by atoms with E-state index in [1.165, 1.54) is 122 Å². The Hall–Kier alpha value is -1.40. The Kier molecular flexibility index (Phi) is 39.2. The Morgan fingerprint density at radius 2 is 0.940 bits per heavy atom. The van der Waals surface area contributed by atoms with Gasteiger partial charge in [-0.1, -0.05) is 180 Å². The molecular weight excluding hydrogens is 622 g/mol. The molecular formula is C44H85NO5. The van der Waals surface area contributed by atoms with E-state index in [1.54, 1.807) is 0 Å². The highest BCUT2D eigenvalue weighted by atomic mass is 16.5. The molecule has 0 aromatic heterocycles. The lowest BCUT2D eigenvalue weighted by Crippen LogP contribution is -2.45. The molecule has 0 aromatic carbocycles. The quantitative estimate of drug-likeness (QED) is 0.0335. The Morgan fingerprint density at radius 3 is 1.42 bits per heavy atom. The molecule has 0 aliphatic heterocycles. The number of hydrogen-bond acceptors (Lipinski definition) is 5. The first-order valence-corrected chi connectivity index (χ1v) is 21.9. The molecule has 0 bridgehead atoms. The van der Waals surface area contributed by atoms with Crippen LogP contribution in [0.25, 0.3) is 0 Å². The van der Waals surface area contributed by atoms with Gasteiger partial charge in [0.05, 0.1) is 25.4 Å². The minimum absolute atomic E-state index is 0.0357. The van der Waals surface area contributed by atoms with Crippen molar-refractivity contribution in [3.05, 3.63) is 12.2 Å². The molecule has 0 fully saturated rings. The number of ether oxygens (including phenoxy) is 1. The van der Waals surface area contributed by atoms with Crippen LogP contribution in [-0.2, 0) is 14.3 Å². The molecule has 0 heterocycles. The molecule has 296 valence electrons. The number of allylic oxidation sites excluding steroid dienone is 2. The van der Waals surface area contributed by atoms with Gasteiger partial charge in [-0.05, 0) is 51.4 Å². The molecule has 2 unspecified atom stereocenters. The first kappa shape index (κ1) is 48.6. The number of amides is 1. The molecule has 2 atom stereocenters. The van der Waals surface area contributed by atoms with Crippen LogP contribution in [0.4, 0.5) is 0 Å². The number of nitrogens with one attached hydrogen (secondary N) is 1. The fourth-order valence-corrected chi connectivity index (χ4v) is 6.63. The van der Waals surface area contributed by atoms with Gasteiger partial charge in [-0.15, -0.1) is 0 Å². The van der Waals surface area contributed by atoms with Crippen molar-refractivity contribution in [3.8, 4) is 0 Å². The van der Waals surface area contributed by atoms with Crippen molar-refractivity contribution in [2.24, 2.45) is 0 Å². The largest absolute Gasteiger partial charge is 0.466 e. The summed E-state index contributed by atoms with van der Waals surface area (Å²) >= 11 is 0. The topological polar surface area (TPSA) is 95.9 Å². The summed E-state index contributed by atoms with van der Waals surface area (Å²) in [6.07, 6.45) is 43.1. The van der Waals surface area contributed by atoms with Gasteiger partial charge in [-0.3, -0.25) is 9.59 Å². The molecule has 3 N–H and O–H groups in total. The zero-order valence-electron chi connectivity index (χ0n) is 33.4. The Morgan fingerprint density at radius 1 is 0.540 bits per heavy atom. The van der Waals surface area contributed by atoms with Crippen LogP contribution >= 0.6 is 0 Å². The molecule has 0 saturated carbocycles. The number of aliphatic hydroxyl groups is 2. The standard InChI is InChI=1S/C44H85NO5/c1-3-5-7-9-11-13-15-16-17-22-26-30-34-38-44(49)50-39-35-31-27-23-19-18-21-25-29-33-37-43(48)45-41(40-46)42(47)36-32-28-24-20-14-12-10-8-6-4-2/h19,23,41-42,46-47H,3-18,20-22,24-40H2,1-2H3,(H,45,48)/b23-19-. The summed E-state index contributed by atoms with van der Waals surface area (Å²) in [7, 11) is 0. The van der Waals surface area contributed by atoms with Crippen molar-refractivity contribution in [2.75, 3.05) is 13.2 Å². The third kappa shape index (κ3) is 36.4. The summed E-state index contributed by atoms with van der Waals surface area (Å²) in [6, 6.07) is -0.563.